The average Bonchev–Trinajstić information content (AvgIpc) is 3.23. The molecule has 1 fully saturated rings. The number of carbonyl (C=O) groups excluding carboxylic acids is 1. The zero-order valence-electron chi connectivity index (χ0n) is 16.3. The first-order valence-corrected chi connectivity index (χ1v) is 9.43. The van der Waals surface area contributed by atoms with Crippen LogP contribution in [0.4, 0.5) is 0 Å². The van der Waals surface area contributed by atoms with Crippen molar-refractivity contribution in [3.63, 3.8) is 0 Å². The van der Waals surface area contributed by atoms with E-state index in [9.17, 15) is 4.79 Å². The van der Waals surface area contributed by atoms with Crippen LogP contribution in [0.15, 0.2) is 42.5 Å². The largest absolute Gasteiger partial charge is 0.497 e. The Hall–Kier alpha value is -2.53. The van der Waals surface area contributed by atoms with Crippen LogP contribution in [0.5, 0.6) is 11.5 Å². The summed E-state index contributed by atoms with van der Waals surface area (Å²) in [6, 6.07) is 14.0. The van der Waals surface area contributed by atoms with Crippen molar-refractivity contribution in [3.8, 4) is 11.5 Å². The third kappa shape index (κ3) is 4.61. The van der Waals surface area contributed by atoms with Crippen molar-refractivity contribution in [1.82, 2.24) is 10.2 Å². The predicted octanol–water partition coefficient (Wildman–Crippen LogP) is 3.58. The number of nitrogens with one attached hydrogen (secondary N) is 1. The number of hydrogen-bond acceptors (Lipinski definition) is 4. The van der Waals surface area contributed by atoms with Crippen LogP contribution in [0.3, 0.4) is 0 Å². The fraction of sp³-hybridized carbons (Fsp3) is 0.409. The van der Waals surface area contributed by atoms with Gasteiger partial charge in [-0.05, 0) is 50.6 Å². The summed E-state index contributed by atoms with van der Waals surface area (Å²) in [5.74, 6) is 1.05. The Morgan fingerprint density at radius 3 is 2.41 bits per heavy atom. The number of hydrogen-bond donors (Lipinski definition) is 1. The van der Waals surface area contributed by atoms with Crippen molar-refractivity contribution in [3.05, 3.63) is 59.2 Å². The fourth-order valence-corrected chi connectivity index (χ4v) is 3.57. The number of methoxy groups -OCH3 is 2. The van der Waals surface area contributed by atoms with Crippen LogP contribution >= 0.6 is 0 Å². The third-order valence-electron chi connectivity index (χ3n) is 5.15. The van der Waals surface area contributed by atoms with E-state index in [-0.39, 0.29) is 11.9 Å². The van der Waals surface area contributed by atoms with Crippen molar-refractivity contribution in [2.24, 2.45) is 0 Å². The molecule has 0 radical (unpaired) electrons. The monoisotopic (exact) mass is 368 g/mol. The van der Waals surface area contributed by atoms with E-state index in [4.69, 9.17) is 9.47 Å². The highest BCUT2D eigenvalue weighted by molar-refractivity contribution is 5.97. The standard InChI is InChI=1S/C22H28N2O3/c1-16-6-8-17(9-7-16)20(24-12-4-5-13-24)15-23-22(25)19-11-10-18(26-2)14-21(19)27-3/h6-11,14,20H,4-5,12-13,15H2,1-3H3,(H,23,25). The number of benzene rings is 2. The maximum atomic E-state index is 12.8. The van der Waals surface area contributed by atoms with Gasteiger partial charge in [0.25, 0.3) is 5.91 Å². The van der Waals surface area contributed by atoms with Gasteiger partial charge in [0.2, 0.25) is 0 Å². The first-order valence-electron chi connectivity index (χ1n) is 9.43. The molecule has 0 spiro atoms. The minimum atomic E-state index is -0.134. The second-order valence-electron chi connectivity index (χ2n) is 6.95. The van der Waals surface area contributed by atoms with Gasteiger partial charge in [0, 0.05) is 12.6 Å². The van der Waals surface area contributed by atoms with Gasteiger partial charge in [-0.3, -0.25) is 9.69 Å². The molecule has 1 amide bonds. The van der Waals surface area contributed by atoms with E-state index in [1.165, 1.54) is 24.0 Å². The van der Waals surface area contributed by atoms with Crippen LogP contribution in [0, 0.1) is 6.92 Å². The van der Waals surface area contributed by atoms with E-state index in [0.29, 0.717) is 23.6 Å². The van der Waals surface area contributed by atoms with Crippen LogP contribution in [-0.2, 0) is 0 Å². The predicted molar refractivity (Wildman–Crippen MR) is 107 cm³/mol. The molecule has 1 aliphatic heterocycles. The molecule has 1 atom stereocenters. The number of carbonyl (C=O) groups is 1. The SMILES string of the molecule is COc1ccc(C(=O)NCC(c2ccc(C)cc2)N2CCCC2)c(OC)c1. The molecule has 0 saturated carbocycles. The summed E-state index contributed by atoms with van der Waals surface area (Å²) in [6.07, 6.45) is 2.42. The molecule has 1 heterocycles. The summed E-state index contributed by atoms with van der Waals surface area (Å²) < 4.78 is 10.6. The van der Waals surface area contributed by atoms with Crippen LogP contribution in [0.25, 0.3) is 0 Å². The molecular formula is C22H28N2O3. The molecule has 5 heteroatoms. The minimum absolute atomic E-state index is 0.134. The van der Waals surface area contributed by atoms with E-state index in [2.05, 4.69) is 41.4 Å². The van der Waals surface area contributed by atoms with Crippen molar-refractivity contribution >= 4 is 5.91 Å². The number of amides is 1. The molecule has 1 aliphatic rings. The normalized spacial score (nSPS) is 15.4. The van der Waals surface area contributed by atoms with Gasteiger partial charge >= 0.3 is 0 Å². The van der Waals surface area contributed by atoms with E-state index in [0.717, 1.165) is 13.1 Å². The number of rotatable bonds is 7. The van der Waals surface area contributed by atoms with Gasteiger partial charge in [0.15, 0.2) is 0 Å². The summed E-state index contributed by atoms with van der Waals surface area (Å²) in [4.78, 5) is 15.2. The van der Waals surface area contributed by atoms with Crippen molar-refractivity contribution in [2.45, 2.75) is 25.8 Å². The maximum absolute atomic E-state index is 12.8. The minimum Gasteiger partial charge on any atom is -0.497 e. The number of nitrogens with zero attached hydrogens (tertiary/aromatic N) is 1. The molecule has 144 valence electrons. The van der Waals surface area contributed by atoms with Gasteiger partial charge in [-0.25, -0.2) is 0 Å². The molecule has 0 aromatic heterocycles. The van der Waals surface area contributed by atoms with Crippen molar-refractivity contribution < 1.29 is 14.3 Å². The summed E-state index contributed by atoms with van der Waals surface area (Å²) in [5, 5.41) is 3.10. The number of likely N-dealkylation sites (tertiary alicyclic amines) is 1. The third-order valence-corrected chi connectivity index (χ3v) is 5.15. The van der Waals surface area contributed by atoms with Gasteiger partial charge in [-0.1, -0.05) is 29.8 Å². The van der Waals surface area contributed by atoms with E-state index >= 15 is 0 Å². The molecule has 5 nitrogen and oxygen atoms in total. The van der Waals surface area contributed by atoms with Crippen molar-refractivity contribution in [1.29, 1.82) is 0 Å². The molecule has 0 bridgehead atoms. The quantitative estimate of drug-likeness (QED) is 0.812. The summed E-state index contributed by atoms with van der Waals surface area (Å²) in [7, 11) is 3.15. The summed E-state index contributed by atoms with van der Waals surface area (Å²) in [5.41, 5.74) is 3.00. The Morgan fingerprint density at radius 2 is 1.78 bits per heavy atom. The van der Waals surface area contributed by atoms with Crippen LogP contribution in [-0.4, -0.2) is 44.7 Å². The zero-order chi connectivity index (χ0) is 19.2. The Morgan fingerprint density at radius 1 is 1.07 bits per heavy atom. The van der Waals surface area contributed by atoms with Gasteiger partial charge in [0.1, 0.15) is 11.5 Å². The van der Waals surface area contributed by atoms with Gasteiger partial charge in [0.05, 0.1) is 25.8 Å². The summed E-state index contributed by atoms with van der Waals surface area (Å²) >= 11 is 0. The van der Waals surface area contributed by atoms with E-state index < -0.39 is 0 Å². The number of aryl methyl sites for hydroxylation is 1. The maximum Gasteiger partial charge on any atom is 0.255 e. The molecular weight excluding hydrogens is 340 g/mol. The lowest BCUT2D eigenvalue weighted by Crippen LogP contribution is -2.36. The Kier molecular flexibility index (Phi) is 6.35. The van der Waals surface area contributed by atoms with Gasteiger partial charge in [-0.2, -0.15) is 0 Å². The fourth-order valence-electron chi connectivity index (χ4n) is 3.57. The molecule has 1 N–H and O–H groups in total. The highest BCUT2D eigenvalue weighted by atomic mass is 16.5. The molecule has 1 unspecified atom stereocenters. The molecule has 27 heavy (non-hydrogen) atoms. The summed E-state index contributed by atoms with van der Waals surface area (Å²) in [6.45, 7) is 4.80. The highest BCUT2D eigenvalue weighted by Crippen LogP contribution is 2.27. The first-order chi connectivity index (χ1) is 13.1. The second-order valence-corrected chi connectivity index (χ2v) is 6.95. The van der Waals surface area contributed by atoms with Gasteiger partial charge < -0.3 is 14.8 Å². The van der Waals surface area contributed by atoms with Crippen LogP contribution in [0.1, 0.15) is 40.4 Å². The lowest BCUT2D eigenvalue weighted by molar-refractivity contribution is 0.0935. The first kappa shape index (κ1) is 19.2. The Balaban J connectivity index is 1.75. The molecule has 0 aliphatic carbocycles. The van der Waals surface area contributed by atoms with Gasteiger partial charge in [-0.15, -0.1) is 0 Å². The second kappa shape index (κ2) is 8.91. The Bertz CT molecular complexity index is 768. The number of ether oxygens (including phenoxy) is 2. The molecule has 2 aromatic rings. The molecule has 2 aromatic carbocycles. The zero-order valence-corrected chi connectivity index (χ0v) is 16.3. The average molecular weight is 368 g/mol. The van der Waals surface area contributed by atoms with E-state index in [1.54, 1.807) is 32.4 Å². The van der Waals surface area contributed by atoms with Crippen LogP contribution < -0.4 is 14.8 Å². The lowest BCUT2D eigenvalue weighted by Gasteiger charge is -2.28. The smallest absolute Gasteiger partial charge is 0.255 e. The lowest BCUT2D eigenvalue weighted by atomic mass is 10.0. The molecule has 3 rings (SSSR count). The Labute approximate surface area is 161 Å². The topological polar surface area (TPSA) is 50.8 Å². The highest BCUT2D eigenvalue weighted by Gasteiger charge is 2.24. The van der Waals surface area contributed by atoms with Crippen molar-refractivity contribution in [2.75, 3.05) is 33.9 Å². The molecule has 1 saturated heterocycles. The van der Waals surface area contributed by atoms with Crippen LogP contribution in [0.2, 0.25) is 0 Å². The van der Waals surface area contributed by atoms with E-state index in [1.807, 2.05) is 0 Å².